The summed E-state index contributed by atoms with van der Waals surface area (Å²) in [6.45, 7) is 0. The largest absolute Gasteiger partial charge is 0.207 e. The molecule has 0 N–H and O–H groups in total. The van der Waals surface area contributed by atoms with Gasteiger partial charge in [0.2, 0.25) is 0 Å². The van der Waals surface area contributed by atoms with Crippen LogP contribution in [-0.4, -0.2) is 5.88 Å². The normalized spacial score (nSPS) is 12.4. The molecule has 2 rings (SSSR count). The molecule has 1 unspecified atom stereocenters. The van der Waals surface area contributed by atoms with E-state index in [2.05, 4.69) is 0 Å². The third-order valence-electron chi connectivity index (χ3n) is 3.17. The van der Waals surface area contributed by atoms with Crippen molar-refractivity contribution in [3.8, 4) is 0 Å². The monoisotopic (exact) mass is 314 g/mol. The molecule has 0 saturated heterocycles. The average molecular weight is 315 g/mol. The lowest BCUT2D eigenvalue weighted by molar-refractivity contribution is 0.536. The Morgan fingerprint density at radius 3 is 2.30 bits per heavy atom. The van der Waals surface area contributed by atoms with E-state index < -0.39 is 11.6 Å². The summed E-state index contributed by atoms with van der Waals surface area (Å²) in [6.07, 6.45) is 1.12. The van der Waals surface area contributed by atoms with Crippen molar-refractivity contribution in [1.82, 2.24) is 0 Å². The number of benzene rings is 2. The molecule has 1 atom stereocenters. The summed E-state index contributed by atoms with van der Waals surface area (Å²) in [5.41, 5.74) is 1.45. The average Bonchev–Trinajstić information content (AvgIpc) is 2.44. The van der Waals surface area contributed by atoms with Crippen molar-refractivity contribution in [1.29, 1.82) is 0 Å². The first kappa shape index (κ1) is 15.3. The summed E-state index contributed by atoms with van der Waals surface area (Å²) < 4.78 is 26.8. The molecule has 0 amide bonds. The Morgan fingerprint density at radius 1 is 0.950 bits per heavy atom. The molecule has 0 spiro atoms. The third-order valence-corrected chi connectivity index (χ3v) is 3.86. The second kappa shape index (κ2) is 7.05. The Balaban J connectivity index is 2.08. The summed E-state index contributed by atoms with van der Waals surface area (Å²) in [4.78, 5) is 0. The predicted octanol–water partition coefficient (Wildman–Crippen LogP) is 5.26. The van der Waals surface area contributed by atoms with Gasteiger partial charge in [0.1, 0.15) is 11.6 Å². The van der Waals surface area contributed by atoms with E-state index in [-0.39, 0.29) is 5.92 Å². The molecule has 0 aliphatic rings. The Labute approximate surface area is 127 Å². The maximum Gasteiger partial charge on any atom is 0.126 e. The van der Waals surface area contributed by atoms with E-state index in [9.17, 15) is 8.78 Å². The fourth-order valence-corrected chi connectivity index (χ4v) is 2.49. The van der Waals surface area contributed by atoms with Crippen molar-refractivity contribution in [2.24, 2.45) is 5.92 Å². The molecule has 2 aromatic carbocycles. The van der Waals surface area contributed by atoms with Gasteiger partial charge in [0.25, 0.3) is 0 Å². The van der Waals surface area contributed by atoms with Gasteiger partial charge in [-0.15, -0.1) is 11.6 Å². The van der Waals surface area contributed by atoms with Crippen LogP contribution in [-0.2, 0) is 12.8 Å². The highest BCUT2D eigenvalue weighted by Gasteiger charge is 2.13. The Kier molecular flexibility index (Phi) is 5.38. The highest BCUT2D eigenvalue weighted by Crippen LogP contribution is 2.20. The van der Waals surface area contributed by atoms with Crippen molar-refractivity contribution >= 4 is 23.2 Å². The predicted molar refractivity (Wildman–Crippen MR) is 79.4 cm³/mol. The van der Waals surface area contributed by atoms with E-state index >= 15 is 0 Å². The van der Waals surface area contributed by atoms with Crippen molar-refractivity contribution in [3.63, 3.8) is 0 Å². The second-order valence-corrected chi connectivity index (χ2v) is 5.54. The van der Waals surface area contributed by atoms with Crippen LogP contribution in [0.25, 0.3) is 0 Å². The van der Waals surface area contributed by atoms with Crippen molar-refractivity contribution < 1.29 is 8.78 Å². The molecule has 0 aliphatic carbocycles. The molecule has 20 heavy (non-hydrogen) atoms. The zero-order valence-electron chi connectivity index (χ0n) is 10.8. The fourth-order valence-electron chi connectivity index (χ4n) is 2.15. The van der Waals surface area contributed by atoms with Crippen molar-refractivity contribution in [2.75, 3.05) is 5.88 Å². The summed E-state index contributed by atoms with van der Waals surface area (Å²) >= 11 is 11.8. The second-order valence-electron chi connectivity index (χ2n) is 4.79. The van der Waals surface area contributed by atoms with E-state index in [1.54, 1.807) is 0 Å². The van der Waals surface area contributed by atoms with E-state index in [4.69, 9.17) is 23.2 Å². The molecule has 2 aromatic rings. The summed E-state index contributed by atoms with van der Waals surface area (Å²) in [7, 11) is 0. The maximum absolute atomic E-state index is 13.6. The van der Waals surface area contributed by atoms with Gasteiger partial charge in [0.05, 0.1) is 0 Å². The quantitative estimate of drug-likeness (QED) is 0.660. The van der Waals surface area contributed by atoms with Crippen LogP contribution < -0.4 is 0 Å². The molecule has 0 bridgehead atoms. The van der Waals surface area contributed by atoms with E-state index in [1.807, 2.05) is 24.3 Å². The van der Waals surface area contributed by atoms with Gasteiger partial charge >= 0.3 is 0 Å². The van der Waals surface area contributed by atoms with Crippen LogP contribution in [0.15, 0.2) is 42.5 Å². The fraction of sp³-hybridized carbons (Fsp3) is 0.250. The first-order valence-corrected chi connectivity index (χ1v) is 7.24. The van der Waals surface area contributed by atoms with Gasteiger partial charge in [-0.1, -0.05) is 23.7 Å². The maximum atomic E-state index is 13.6. The molecule has 0 aromatic heterocycles. The molecule has 0 nitrogen and oxygen atoms in total. The SMILES string of the molecule is Fc1ccc(F)c(CC(CCl)Cc2ccc(Cl)cc2)c1. The lowest BCUT2D eigenvalue weighted by Gasteiger charge is -2.14. The van der Waals surface area contributed by atoms with Gasteiger partial charge in [-0.3, -0.25) is 0 Å². The number of rotatable bonds is 5. The highest BCUT2D eigenvalue weighted by molar-refractivity contribution is 6.30. The van der Waals surface area contributed by atoms with Gasteiger partial charge < -0.3 is 0 Å². The van der Waals surface area contributed by atoms with Crippen LogP contribution in [0.4, 0.5) is 8.78 Å². The zero-order valence-corrected chi connectivity index (χ0v) is 12.3. The lowest BCUT2D eigenvalue weighted by Crippen LogP contribution is -2.11. The first-order valence-electron chi connectivity index (χ1n) is 6.33. The van der Waals surface area contributed by atoms with Crippen LogP contribution in [0.1, 0.15) is 11.1 Å². The minimum Gasteiger partial charge on any atom is -0.207 e. The highest BCUT2D eigenvalue weighted by atomic mass is 35.5. The minimum atomic E-state index is -0.429. The molecule has 0 aliphatic heterocycles. The number of hydrogen-bond acceptors (Lipinski definition) is 0. The third kappa shape index (κ3) is 4.19. The minimum absolute atomic E-state index is 0.0501. The molecular weight excluding hydrogens is 301 g/mol. The zero-order chi connectivity index (χ0) is 14.5. The van der Waals surface area contributed by atoms with E-state index in [1.165, 1.54) is 6.07 Å². The number of hydrogen-bond donors (Lipinski definition) is 0. The van der Waals surface area contributed by atoms with Gasteiger partial charge in [-0.25, -0.2) is 8.78 Å². The standard InChI is InChI=1S/C16H14Cl2F2/c17-10-12(7-11-1-3-14(18)4-2-11)8-13-9-15(19)5-6-16(13)20/h1-6,9,12H,7-8,10H2. The molecule has 0 fully saturated rings. The molecule has 0 heterocycles. The summed E-state index contributed by atoms with van der Waals surface area (Å²) in [6, 6.07) is 11.0. The van der Waals surface area contributed by atoms with E-state index in [0.717, 1.165) is 17.7 Å². The Morgan fingerprint density at radius 2 is 1.65 bits per heavy atom. The van der Waals surface area contributed by atoms with Crippen LogP contribution in [0, 0.1) is 17.6 Å². The number of alkyl halides is 1. The molecule has 0 saturated carbocycles. The topological polar surface area (TPSA) is 0 Å². The first-order chi connectivity index (χ1) is 9.58. The molecule has 0 radical (unpaired) electrons. The van der Waals surface area contributed by atoms with Crippen LogP contribution >= 0.6 is 23.2 Å². The van der Waals surface area contributed by atoms with Crippen LogP contribution in [0.5, 0.6) is 0 Å². The van der Waals surface area contributed by atoms with Crippen LogP contribution in [0.2, 0.25) is 5.02 Å². The van der Waals surface area contributed by atoms with Gasteiger partial charge in [0.15, 0.2) is 0 Å². The van der Waals surface area contributed by atoms with E-state index in [0.29, 0.717) is 29.3 Å². The Hall–Kier alpha value is -1.12. The summed E-state index contributed by atoms with van der Waals surface area (Å²) in [5, 5.41) is 0.673. The van der Waals surface area contributed by atoms with Crippen molar-refractivity contribution in [2.45, 2.75) is 12.8 Å². The van der Waals surface area contributed by atoms with Gasteiger partial charge in [-0.05, 0) is 60.2 Å². The smallest absolute Gasteiger partial charge is 0.126 e. The van der Waals surface area contributed by atoms with Gasteiger partial charge in [-0.2, -0.15) is 0 Å². The molecule has 106 valence electrons. The Bertz CT molecular complexity index is 567. The molecule has 4 heteroatoms. The summed E-state index contributed by atoms with van der Waals surface area (Å²) in [5.74, 6) is -0.383. The van der Waals surface area contributed by atoms with Crippen molar-refractivity contribution in [3.05, 3.63) is 70.2 Å². The molecular formula is C16H14Cl2F2. The number of halogens is 4. The van der Waals surface area contributed by atoms with Gasteiger partial charge in [0, 0.05) is 10.9 Å². The lowest BCUT2D eigenvalue weighted by atomic mass is 9.94. The van der Waals surface area contributed by atoms with Crippen LogP contribution in [0.3, 0.4) is 0 Å².